The second-order valence-corrected chi connectivity index (χ2v) is 4.60. The number of aliphatic hydroxyl groups is 1. The molecular weight excluding hydrogens is 222 g/mol. The van der Waals surface area contributed by atoms with Crippen LogP contribution in [0.15, 0.2) is 18.2 Å². The van der Waals surface area contributed by atoms with Crippen molar-refractivity contribution in [3.05, 3.63) is 33.9 Å². The molecule has 0 aromatic heterocycles. The minimum Gasteiger partial charge on any atom is -0.490 e. The fraction of sp³-hybridized carbons (Fsp3) is 0.500. The predicted octanol–water partition coefficient (Wildman–Crippen LogP) is 1.92. The number of hydrogen-bond donors (Lipinski definition) is 1. The van der Waals surface area contributed by atoms with Crippen molar-refractivity contribution in [3.63, 3.8) is 0 Å². The van der Waals surface area contributed by atoms with Crippen molar-refractivity contribution in [2.45, 2.75) is 19.3 Å². The standard InChI is InChI=1S/C12H15NO4/c1-17-11-6-9(2-3-10(11)13(15)16)7-12(8-14)4-5-12/h2-3,6,14H,4-5,7-8H2,1H3. The van der Waals surface area contributed by atoms with Gasteiger partial charge in [-0.3, -0.25) is 10.1 Å². The number of rotatable bonds is 5. The summed E-state index contributed by atoms with van der Waals surface area (Å²) in [5.41, 5.74) is 0.949. The lowest BCUT2D eigenvalue weighted by molar-refractivity contribution is -0.385. The van der Waals surface area contributed by atoms with Crippen molar-refractivity contribution in [2.24, 2.45) is 5.41 Å². The summed E-state index contributed by atoms with van der Waals surface area (Å²) in [6.45, 7) is 0.173. The summed E-state index contributed by atoms with van der Waals surface area (Å²) in [7, 11) is 1.42. The van der Waals surface area contributed by atoms with Crippen molar-refractivity contribution in [3.8, 4) is 5.75 Å². The Morgan fingerprint density at radius 1 is 1.53 bits per heavy atom. The number of benzene rings is 1. The molecule has 17 heavy (non-hydrogen) atoms. The second kappa shape index (κ2) is 4.33. The van der Waals surface area contributed by atoms with Crippen LogP contribution in [0.25, 0.3) is 0 Å². The minimum atomic E-state index is -0.457. The van der Waals surface area contributed by atoms with Gasteiger partial charge in [0.05, 0.1) is 12.0 Å². The van der Waals surface area contributed by atoms with Crippen LogP contribution >= 0.6 is 0 Å². The lowest BCUT2D eigenvalue weighted by Crippen LogP contribution is -2.10. The fourth-order valence-electron chi connectivity index (χ4n) is 1.98. The molecule has 0 saturated heterocycles. The molecule has 1 aromatic carbocycles. The maximum absolute atomic E-state index is 10.7. The van der Waals surface area contributed by atoms with Crippen LogP contribution in [0.3, 0.4) is 0 Å². The van der Waals surface area contributed by atoms with Gasteiger partial charge >= 0.3 is 5.69 Å². The summed E-state index contributed by atoms with van der Waals surface area (Å²) >= 11 is 0. The monoisotopic (exact) mass is 237 g/mol. The Balaban J connectivity index is 2.22. The molecule has 5 nitrogen and oxygen atoms in total. The SMILES string of the molecule is COc1cc(CC2(CO)CC2)ccc1[N+](=O)[O-]. The molecular formula is C12H15NO4. The smallest absolute Gasteiger partial charge is 0.310 e. The van der Waals surface area contributed by atoms with Gasteiger partial charge in [-0.2, -0.15) is 0 Å². The number of nitrogens with zero attached hydrogens (tertiary/aromatic N) is 1. The highest BCUT2D eigenvalue weighted by Gasteiger charge is 2.41. The van der Waals surface area contributed by atoms with Gasteiger partial charge < -0.3 is 9.84 Å². The van der Waals surface area contributed by atoms with Crippen molar-refractivity contribution in [1.29, 1.82) is 0 Å². The first-order valence-corrected chi connectivity index (χ1v) is 5.52. The van der Waals surface area contributed by atoms with Crippen molar-refractivity contribution < 1.29 is 14.8 Å². The zero-order valence-corrected chi connectivity index (χ0v) is 9.68. The summed E-state index contributed by atoms with van der Waals surface area (Å²) in [5.74, 6) is 0.279. The van der Waals surface area contributed by atoms with Gasteiger partial charge in [0.15, 0.2) is 5.75 Å². The molecule has 0 atom stereocenters. The van der Waals surface area contributed by atoms with E-state index >= 15 is 0 Å². The molecule has 0 aliphatic heterocycles. The summed E-state index contributed by atoms with van der Waals surface area (Å²) in [6.07, 6.45) is 2.78. The molecule has 2 rings (SSSR count). The van der Waals surface area contributed by atoms with Gasteiger partial charge in [-0.15, -0.1) is 0 Å². The Bertz CT molecular complexity index is 440. The molecule has 1 N–H and O–H groups in total. The van der Waals surface area contributed by atoms with E-state index in [9.17, 15) is 15.2 Å². The average molecular weight is 237 g/mol. The highest BCUT2D eigenvalue weighted by atomic mass is 16.6. The molecule has 1 saturated carbocycles. The van der Waals surface area contributed by atoms with Crippen molar-refractivity contribution in [2.75, 3.05) is 13.7 Å². The second-order valence-electron chi connectivity index (χ2n) is 4.60. The van der Waals surface area contributed by atoms with Gasteiger partial charge in [0, 0.05) is 12.7 Å². The lowest BCUT2D eigenvalue weighted by atomic mass is 9.97. The molecule has 0 amide bonds. The van der Waals surface area contributed by atoms with E-state index in [0.717, 1.165) is 24.8 Å². The van der Waals surface area contributed by atoms with Gasteiger partial charge in [-0.25, -0.2) is 0 Å². The van der Waals surface area contributed by atoms with E-state index in [0.29, 0.717) is 0 Å². The highest BCUT2D eigenvalue weighted by molar-refractivity contribution is 5.48. The minimum absolute atomic E-state index is 0.00114. The van der Waals surface area contributed by atoms with E-state index in [1.807, 2.05) is 0 Å². The van der Waals surface area contributed by atoms with Crippen LogP contribution in [-0.4, -0.2) is 23.7 Å². The quantitative estimate of drug-likeness (QED) is 0.627. The summed E-state index contributed by atoms with van der Waals surface area (Å²) in [5, 5.41) is 20.0. The van der Waals surface area contributed by atoms with Gasteiger partial charge in [0.1, 0.15) is 0 Å². The van der Waals surface area contributed by atoms with Gasteiger partial charge in [0.25, 0.3) is 0 Å². The maximum atomic E-state index is 10.7. The first-order valence-electron chi connectivity index (χ1n) is 5.52. The third-order valence-electron chi connectivity index (χ3n) is 3.31. The lowest BCUT2D eigenvalue weighted by Gasteiger charge is -2.12. The maximum Gasteiger partial charge on any atom is 0.310 e. The number of hydrogen-bond acceptors (Lipinski definition) is 4. The first kappa shape index (κ1) is 11.9. The van der Waals surface area contributed by atoms with E-state index in [-0.39, 0.29) is 23.5 Å². The van der Waals surface area contributed by atoms with Gasteiger partial charge in [-0.1, -0.05) is 6.07 Å². The summed E-state index contributed by atoms with van der Waals surface area (Å²) < 4.78 is 5.01. The van der Waals surface area contributed by atoms with Crippen LogP contribution in [0.5, 0.6) is 5.75 Å². The number of nitro groups is 1. The van der Waals surface area contributed by atoms with E-state index in [2.05, 4.69) is 0 Å². The van der Waals surface area contributed by atoms with Crippen LogP contribution < -0.4 is 4.74 Å². The van der Waals surface area contributed by atoms with Crippen LogP contribution in [0.2, 0.25) is 0 Å². The van der Waals surface area contributed by atoms with Crippen LogP contribution in [-0.2, 0) is 6.42 Å². The predicted molar refractivity (Wildman–Crippen MR) is 62.1 cm³/mol. The first-order chi connectivity index (χ1) is 8.10. The number of nitro benzene ring substituents is 1. The van der Waals surface area contributed by atoms with Crippen LogP contribution in [0.1, 0.15) is 18.4 Å². The molecule has 1 fully saturated rings. The van der Waals surface area contributed by atoms with E-state index in [1.54, 1.807) is 12.1 Å². The fourth-order valence-corrected chi connectivity index (χ4v) is 1.98. The Morgan fingerprint density at radius 3 is 2.71 bits per heavy atom. The van der Waals surface area contributed by atoms with Crippen molar-refractivity contribution >= 4 is 5.69 Å². The Kier molecular flexibility index (Phi) is 3.02. The normalized spacial score (nSPS) is 16.6. The molecule has 1 aromatic rings. The van der Waals surface area contributed by atoms with E-state index < -0.39 is 4.92 Å². The van der Waals surface area contributed by atoms with Crippen molar-refractivity contribution in [1.82, 2.24) is 0 Å². The molecule has 0 spiro atoms. The molecule has 1 aliphatic rings. The molecule has 5 heteroatoms. The Hall–Kier alpha value is -1.62. The summed E-state index contributed by atoms with van der Waals surface area (Å²) in [6, 6.07) is 4.88. The Morgan fingerprint density at radius 2 is 2.24 bits per heavy atom. The average Bonchev–Trinajstić information content (AvgIpc) is 3.09. The van der Waals surface area contributed by atoms with Crippen LogP contribution in [0.4, 0.5) is 5.69 Å². The molecule has 0 bridgehead atoms. The topological polar surface area (TPSA) is 72.6 Å². The summed E-state index contributed by atoms with van der Waals surface area (Å²) in [4.78, 5) is 10.3. The van der Waals surface area contributed by atoms with Gasteiger partial charge in [0.2, 0.25) is 0 Å². The number of methoxy groups -OCH3 is 1. The van der Waals surface area contributed by atoms with Gasteiger partial charge in [-0.05, 0) is 36.3 Å². The zero-order valence-electron chi connectivity index (χ0n) is 9.68. The highest BCUT2D eigenvalue weighted by Crippen LogP contribution is 2.48. The molecule has 0 radical (unpaired) electrons. The number of aliphatic hydroxyl groups excluding tert-OH is 1. The zero-order chi connectivity index (χ0) is 12.5. The molecule has 0 unspecified atom stereocenters. The largest absolute Gasteiger partial charge is 0.490 e. The molecule has 0 heterocycles. The molecule has 1 aliphatic carbocycles. The number of ether oxygens (including phenoxy) is 1. The van der Waals surface area contributed by atoms with Crippen LogP contribution in [0, 0.1) is 15.5 Å². The third kappa shape index (κ3) is 2.39. The Labute approximate surface area is 99.2 Å². The molecule has 92 valence electrons. The third-order valence-corrected chi connectivity index (χ3v) is 3.31. The van der Waals surface area contributed by atoms with E-state index in [1.165, 1.54) is 13.2 Å². The van der Waals surface area contributed by atoms with E-state index in [4.69, 9.17) is 4.74 Å².